The summed E-state index contributed by atoms with van der Waals surface area (Å²) in [7, 11) is 2.05. The molecule has 0 aliphatic heterocycles. The minimum atomic E-state index is 0.704. The lowest BCUT2D eigenvalue weighted by Gasteiger charge is -2.19. The van der Waals surface area contributed by atoms with Gasteiger partial charge in [-0.1, -0.05) is 24.3 Å². The molecular weight excluding hydrogens is 260 g/mol. The van der Waals surface area contributed by atoms with Crippen LogP contribution >= 0.6 is 0 Å². The van der Waals surface area contributed by atoms with E-state index in [1.807, 2.05) is 12.4 Å². The molecule has 0 bridgehead atoms. The Hall–Kier alpha value is -1.94. The van der Waals surface area contributed by atoms with Crippen molar-refractivity contribution in [3.8, 4) is 0 Å². The first-order valence-electron chi connectivity index (χ1n) is 7.52. The van der Waals surface area contributed by atoms with Gasteiger partial charge in [-0.05, 0) is 30.9 Å². The second kappa shape index (κ2) is 6.22. The molecule has 1 aromatic carbocycles. The Labute approximate surface area is 126 Å². The first-order valence-corrected chi connectivity index (χ1v) is 7.52. The minimum Gasteiger partial charge on any atom is -0.354 e. The van der Waals surface area contributed by atoms with Crippen LogP contribution in [-0.4, -0.2) is 23.1 Å². The summed E-state index contributed by atoms with van der Waals surface area (Å²) >= 11 is 0. The van der Waals surface area contributed by atoms with Crippen LogP contribution in [0, 0.1) is 6.92 Å². The SMILES string of the molecule is Cc1ccccc1CN(C)c1cnc(CNC2CC2)cn1. The number of hydrogen-bond donors (Lipinski definition) is 1. The Balaban J connectivity index is 1.61. The molecule has 0 saturated heterocycles. The quantitative estimate of drug-likeness (QED) is 0.884. The number of anilines is 1. The molecule has 0 unspecified atom stereocenters. The number of aryl methyl sites for hydroxylation is 1. The molecule has 0 spiro atoms. The fourth-order valence-corrected chi connectivity index (χ4v) is 2.30. The van der Waals surface area contributed by atoms with Crippen LogP contribution in [0.5, 0.6) is 0 Å². The maximum atomic E-state index is 4.53. The third-order valence-electron chi connectivity index (χ3n) is 3.90. The normalized spacial score (nSPS) is 14.2. The predicted octanol–water partition coefficient (Wildman–Crippen LogP) is 2.67. The number of nitrogens with one attached hydrogen (secondary N) is 1. The minimum absolute atomic E-state index is 0.704. The third kappa shape index (κ3) is 3.79. The van der Waals surface area contributed by atoms with Crippen molar-refractivity contribution in [3.05, 3.63) is 53.5 Å². The van der Waals surface area contributed by atoms with Crippen LogP contribution in [0.15, 0.2) is 36.7 Å². The molecule has 4 heteroatoms. The van der Waals surface area contributed by atoms with E-state index < -0.39 is 0 Å². The Morgan fingerprint density at radius 3 is 2.67 bits per heavy atom. The van der Waals surface area contributed by atoms with Gasteiger partial charge in [0, 0.05) is 26.2 Å². The summed E-state index contributed by atoms with van der Waals surface area (Å²) in [6.07, 6.45) is 6.33. The third-order valence-corrected chi connectivity index (χ3v) is 3.90. The van der Waals surface area contributed by atoms with E-state index in [1.165, 1.54) is 24.0 Å². The molecule has 0 atom stereocenters. The highest BCUT2D eigenvalue weighted by molar-refractivity contribution is 5.38. The molecule has 110 valence electrons. The molecule has 4 nitrogen and oxygen atoms in total. The van der Waals surface area contributed by atoms with Crippen LogP contribution in [0.2, 0.25) is 0 Å². The highest BCUT2D eigenvalue weighted by atomic mass is 15.2. The average Bonchev–Trinajstić information content (AvgIpc) is 3.32. The average molecular weight is 282 g/mol. The van der Waals surface area contributed by atoms with Gasteiger partial charge in [-0.15, -0.1) is 0 Å². The first kappa shape index (κ1) is 14.0. The van der Waals surface area contributed by atoms with Crippen molar-refractivity contribution in [2.24, 2.45) is 0 Å². The van der Waals surface area contributed by atoms with Gasteiger partial charge in [-0.25, -0.2) is 4.98 Å². The molecule has 1 aromatic heterocycles. The Kier molecular flexibility index (Phi) is 4.15. The van der Waals surface area contributed by atoms with Crippen LogP contribution in [0.1, 0.15) is 29.7 Å². The zero-order valence-corrected chi connectivity index (χ0v) is 12.7. The van der Waals surface area contributed by atoms with Crippen LogP contribution in [0.3, 0.4) is 0 Å². The van der Waals surface area contributed by atoms with E-state index in [0.717, 1.165) is 24.6 Å². The molecule has 1 N–H and O–H groups in total. The van der Waals surface area contributed by atoms with Gasteiger partial charge in [0.1, 0.15) is 5.82 Å². The van der Waals surface area contributed by atoms with Crippen LogP contribution < -0.4 is 10.2 Å². The Morgan fingerprint density at radius 2 is 2.00 bits per heavy atom. The maximum Gasteiger partial charge on any atom is 0.147 e. The van der Waals surface area contributed by atoms with Crippen molar-refractivity contribution in [1.29, 1.82) is 0 Å². The van der Waals surface area contributed by atoms with Gasteiger partial charge in [0.2, 0.25) is 0 Å². The summed E-state index contributed by atoms with van der Waals surface area (Å²) in [4.78, 5) is 11.2. The molecule has 1 saturated carbocycles. The van der Waals surface area contributed by atoms with Gasteiger partial charge in [-0.3, -0.25) is 4.98 Å². The largest absolute Gasteiger partial charge is 0.354 e. The molecule has 1 heterocycles. The summed E-state index contributed by atoms with van der Waals surface area (Å²) in [5.74, 6) is 0.911. The molecule has 2 aromatic rings. The first-order chi connectivity index (χ1) is 10.2. The zero-order chi connectivity index (χ0) is 14.7. The van der Waals surface area contributed by atoms with E-state index in [4.69, 9.17) is 0 Å². The zero-order valence-electron chi connectivity index (χ0n) is 12.7. The summed E-state index contributed by atoms with van der Waals surface area (Å²) in [6, 6.07) is 9.15. The van der Waals surface area contributed by atoms with Crippen molar-refractivity contribution in [1.82, 2.24) is 15.3 Å². The monoisotopic (exact) mass is 282 g/mol. The smallest absolute Gasteiger partial charge is 0.147 e. The van der Waals surface area contributed by atoms with E-state index >= 15 is 0 Å². The van der Waals surface area contributed by atoms with Crippen LogP contribution in [0.4, 0.5) is 5.82 Å². The number of nitrogens with zero attached hydrogens (tertiary/aromatic N) is 3. The van der Waals surface area contributed by atoms with Crippen LogP contribution in [-0.2, 0) is 13.1 Å². The van der Waals surface area contributed by atoms with Crippen molar-refractivity contribution in [2.45, 2.75) is 38.9 Å². The van der Waals surface area contributed by atoms with E-state index in [-0.39, 0.29) is 0 Å². The fourth-order valence-electron chi connectivity index (χ4n) is 2.30. The molecule has 0 amide bonds. The molecule has 3 rings (SSSR count). The van der Waals surface area contributed by atoms with Gasteiger partial charge in [0.15, 0.2) is 0 Å². The highest BCUT2D eigenvalue weighted by Gasteiger charge is 2.20. The van der Waals surface area contributed by atoms with E-state index in [1.54, 1.807) is 0 Å². The number of aromatic nitrogens is 2. The lowest BCUT2D eigenvalue weighted by atomic mass is 10.1. The van der Waals surface area contributed by atoms with E-state index in [2.05, 4.69) is 58.4 Å². The summed E-state index contributed by atoms with van der Waals surface area (Å²) in [5.41, 5.74) is 3.64. The topological polar surface area (TPSA) is 41.1 Å². The van der Waals surface area contributed by atoms with Gasteiger partial charge >= 0.3 is 0 Å². The summed E-state index contributed by atoms with van der Waals surface area (Å²) in [5, 5.41) is 3.45. The molecule has 1 aliphatic carbocycles. The second-order valence-electron chi connectivity index (χ2n) is 5.80. The van der Waals surface area contributed by atoms with E-state index in [9.17, 15) is 0 Å². The second-order valence-corrected chi connectivity index (χ2v) is 5.80. The van der Waals surface area contributed by atoms with E-state index in [0.29, 0.717) is 6.04 Å². The molecule has 0 radical (unpaired) electrons. The van der Waals surface area contributed by atoms with Gasteiger partial charge < -0.3 is 10.2 Å². The Bertz CT molecular complexity index is 590. The van der Waals surface area contributed by atoms with Crippen molar-refractivity contribution >= 4 is 5.82 Å². The molecule has 1 fully saturated rings. The van der Waals surface area contributed by atoms with Crippen molar-refractivity contribution < 1.29 is 0 Å². The molecule has 1 aliphatic rings. The lowest BCUT2D eigenvalue weighted by molar-refractivity contribution is 0.671. The highest BCUT2D eigenvalue weighted by Crippen LogP contribution is 2.19. The van der Waals surface area contributed by atoms with Gasteiger partial charge in [0.25, 0.3) is 0 Å². The maximum absolute atomic E-state index is 4.53. The van der Waals surface area contributed by atoms with Gasteiger partial charge in [0.05, 0.1) is 18.1 Å². The molecule has 21 heavy (non-hydrogen) atoms. The predicted molar refractivity (Wildman–Crippen MR) is 85.2 cm³/mol. The number of hydrogen-bond acceptors (Lipinski definition) is 4. The number of rotatable bonds is 6. The lowest BCUT2D eigenvalue weighted by Crippen LogP contribution is -2.20. The van der Waals surface area contributed by atoms with Crippen molar-refractivity contribution in [3.63, 3.8) is 0 Å². The summed E-state index contributed by atoms with van der Waals surface area (Å²) in [6.45, 7) is 3.81. The Morgan fingerprint density at radius 1 is 1.19 bits per heavy atom. The fraction of sp³-hybridized carbons (Fsp3) is 0.412. The molecular formula is C17H22N4. The summed E-state index contributed by atoms with van der Waals surface area (Å²) < 4.78 is 0. The standard InChI is InChI=1S/C17H22N4/c1-13-5-3-4-6-14(13)12-21(2)17-11-19-16(10-20-17)9-18-15-7-8-15/h3-6,10-11,15,18H,7-9,12H2,1-2H3. The van der Waals surface area contributed by atoms with Crippen LogP contribution in [0.25, 0.3) is 0 Å². The van der Waals surface area contributed by atoms with Gasteiger partial charge in [-0.2, -0.15) is 0 Å². The number of benzene rings is 1. The van der Waals surface area contributed by atoms with Crippen molar-refractivity contribution in [2.75, 3.05) is 11.9 Å².